The third-order valence-electron chi connectivity index (χ3n) is 6.53. The number of para-hydroxylation sites is 1. The lowest BCUT2D eigenvalue weighted by atomic mass is 9.96. The van der Waals surface area contributed by atoms with Crippen LogP contribution in [0, 0.1) is 0 Å². The van der Waals surface area contributed by atoms with E-state index >= 15 is 0 Å². The lowest BCUT2D eigenvalue weighted by Gasteiger charge is -2.25. The van der Waals surface area contributed by atoms with E-state index in [0.29, 0.717) is 49.3 Å². The first-order valence-corrected chi connectivity index (χ1v) is 14.8. The van der Waals surface area contributed by atoms with Crippen molar-refractivity contribution < 1.29 is 19.0 Å². The zero-order valence-corrected chi connectivity index (χ0v) is 25.7. The summed E-state index contributed by atoms with van der Waals surface area (Å²) in [6.07, 6.45) is 1.76. The molecule has 0 saturated heterocycles. The standard InChI is InChI=1S/C31H26BrClN2O5S/c1-4-39-30(37)26-18(2)34-31-35(27(26)22-9-5-6-10-23(22)33)29(36)25(41-31)16-20-8-7-11-24(38-3)28(20)40-17-19-12-14-21(32)15-13-19/h5-16,27H,4,17H2,1-3H3/b25-16-/t27-/m1/s1. The highest BCUT2D eigenvalue weighted by molar-refractivity contribution is 9.10. The lowest BCUT2D eigenvalue weighted by molar-refractivity contribution is -0.139. The molecule has 210 valence electrons. The predicted molar refractivity (Wildman–Crippen MR) is 163 cm³/mol. The lowest BCUT2D eigenvalue weighted by Crippen LogP contribution is -2.40. The van der Waals surface area contributed by atoms with Crippen LogP contribution in [0.4, 0.5) is 0 Å². The van der Waals surface area contributed by atoms with Crippen molar-refractivity contribution in [1.82, 2.24) is 4.57 Å². The molecule has 0 amide bonds. The van der Waals surface area contributed by atoms with Gasteiger partial charge >= 0.3 is 5.97 Å². The minimum Gasteiger partial charge on any atom is -0.493 e. The molecule has 1 aromatic heterocycles. The maximum atomic E-state index is 14.0. The van der Waals surface area contributed by atoms with Gasteiger partial charge in [0.25, 0.3) is 5.56 Å². The molecule has 0 unspecified atom stereocenters. The van der Waals surface area contributed by atoms with Crippen molar-refractivity contribution in [2.75, 3.05) is 13.7 Å². The second-order valence-corrected chi connectivity index (χ2v) is 11.4. The van der Waals surface area contributed by atoms with Crippen LogP contribution in [-0.4, -0.2) is 24.3 Å². The number of hydrogen-bond donors (Lipinski definition) is 0. The van der Waals surface area contributed by atoms with Crippen molar-refractivity contribution in [1.29, 1.82) is 0 Å². The van der Waals surface area contributed by atoms with Gasteiger partial charge in [-0.1, -0.05) is 81.3 Å². The van der Waals surface area contributed by atoms with E-state index in [2.05, 4.69) is 20.9 Å². The Morgan fingerprint density at radius 3 is 2.59 bits per heavy atom. The molecule has 0 spiro atoms. The van der Waals surface area contributed by atoms with Gasteiger partial charge in [0.15, 0.2) is 16.3 Å². The van der Waals surface area contributed by atoms with Crippen LogP contribution in [0.3, 0.4) is 0 Å². The normalized spacial score (nSPS) is 14.9. The molecule has 2 heterocycles. The molecule has 0 radical (unpaired) electrons. The van der Waals surface area contributed by atoms with Crippen LogP contribution >= 0.6 is 38.9 Å². The number of hydrogen-bond acceptors (Lipinski definition) is 7. The summed E-state index contributed by atoms with van der Waals surface area (Å²) >= 11 is 11.3. The van der Waals surface area contributed by atoms with Crippen molar-refractivity contribution in [2.24, 2.45) is 4.99 Å². The van der Waals surface area contributed by atoms with E-state index in [1.54, 1.807) is 45.2 Å². The average Bonchev–Trinajstić information content (AvgIpc) is 3.26. The largest absolute Gasteiger partial charge is 0.493 e. The predicted octanol–water partition coefficient (Wildman–Crippen LogP) is 5.80. The first-order chi connectivity index (χ1) is 19.8. The van der Waals surface area contributed by atoms with E-state index in [9.17, 15) is 9.59 Å². The van der Waals surface area contributed by atoms with Gasteiger partial charge in [-0.25, -0.2) is 9.79 Å². The molecular formula is C31H26BrClN2O5S. The fourth-order valence-electron chi connectivity index (χ4n) is 4.62. The van der Waals surface area contributed by atoms with Crippen LogP contribution < -0.4 is 24.4 Å². The smallest absolute Gasteiger partial charge is 0.338 e. The van der Waals surface area contributed by atoms with Gasteiger partial charge in [0.05, 0.1) is 29.5 Å². The molecule has 3 aromatic carbocycles. The van der Waals surface area contributed by atoms with E-state index in [4.69, 9.17) is 25.8 Å². The summed E-state index contributed by atoms with van der Waals surface area (Å²) in [5.41, 5.74) is 2.70. The highest BCUT2D eigenvalue weighted by atomic mass is 79.9. The molecule has 0 saturated carbocycles. The minimum absolute atomic E-state index is 0.189. The molecule has 1 aliphatic heterocycles. The number of ether oxygens (including phenoxy) is 3. The monoisotopic (exact) mass is 652 g/mol. The Kier molecular flexibility index (Phi) is 8.77. The van der Waals surface area contributed by atoms with Crippen molar-refractivity contribution >= 4 is 50.9 Å². The van der Waals surface area contributed by atoms with Gasteiger partial charge in [0.2, 0.25) is 0 Å². The van der Waals surface area contributed by atoms with Crippen LogP contribution in [0.1, 0.15) is 36.6 Å². The molecule has 10 heteroatoms. The maximum Gasteiger partial charge on any atom is 0.338 e. The summed E-state index contributed by atoms with van der Waals surface area (Å²) in [6.45, 7) is 3.97. The molecule has 1 atom stereocenters. The molecule has 0 fully saturated rings. The molecule has 7 nitrogen and oxygen atoms in total. The fourth-order valence-corrected chi connectivity index (χ4v) is 6.16. The third kappa shape index (κ3) is 5.88. The number of fused-ring (bicyclic) bond motifs is 1. The number of esters is 1. The number of carbonyl (C=O) groups is 1. The first kappa shape index (κ1) is 28.9. The van der Waals surface area contributed by atoms with Crippen molar-refractivity contribution in [3.63, 3.8) is 0 Å². The summed E-state index contributed by atoms with van der Waals surface area (Å²) in [4.78, 5) is 32.2. The highest BCUT2D eigenvalue weighted by Gasteiger charge is 2.34. The van der Waals surface area contributed by atoms with Gasteiger partial charge in [0, 0.05) is 15.1 Å². The van der Waals surface area contributed by atoms with Gasteiger partial charge in [-0.3, -0.25) is 9.36 Å². The number of nitrogens with zero attached hydrogens (tertiary/aromatic N) is 2. The fraction of sp³-hybridized carbons (Fsp3) is 0.194. The van der Waals surface area contributed by atoms with Gasteiger partial charge in [-0.15, -0.1) is 0 Å². The molecular weight excluding hydrogens is 628 g/mol. The van der Waals surface area contributed by atoms with Gasteiger partial charge < -0.3 is 14.2 Å². The Morgan fingerprint density at radius 1 is 1.12 bits per heavy atom. The zero-order chi connectivity index (χ0) is 29.1. The number of halogens is 2. The van der Waals surface area contributed by atoms with Crippen molar-refractivity contribution in [3.05, 3.63) is 124 Å². The zero-order valence-electron chi connectivity index (χ0n) is 22.5. The number of rotatable bonds is 8. The van der Waals surface area contributed by atoms with Crippen LogP contribution in [0.25, 0.3) is 6.08 Å². The molecule has 5 rings (SSSR count). The van der Waals surface area contributed by atoms with Gasteiger partial charge in [0.1, 0.15) is 12.6 Å². The Balaban J connectivity index is 1.64. The molecule has 41 heavy (non-hydrogen) atoms. The number of benzene rings is 3. The van der Waals surface area contributed by atoms with Crippen molar-refractivity contribution in [2.45, 2.75) is 26.5 Å². The van der Waals surface area contributed by atoms with E-state index < -0.39 is 12.0 Å². The minimum atomic E-state index is -0.792. The number of thiazole rings is 1. The second-order valence-electron chi connectivity index (χ2n) is 9.12. The number of allylic oxidation sites excluding steroid dienone is 1. The van der Waals surface area contributed by atoms with Gasteiger partial charge in [-0.05, 0) is 55.3 Å². The van der Waals surface area contributed by atoms with Crippen molar-refractivity contribution in [3.8, 4) is 11.5 Å². The van der Waals surface area contributed by atoms with E-state index in [0.717, 1.165) is 10.0 Å². The maximum absolute atomic E-state index is 14.0. The Hall–Kier alpha value is -3.66. The third-order valence-corrected chi connectivity index (χ3v) is 8.38. The van der Waals surface area contributed by atoms with Crippen LogP contribution in [-0.2, 0) is 16.1 Å². The summed E-state index contributed by atoms with van der Waals surface area (Å²) < 4.78 is 20.1. The van der Waals surface area contributed by atoms with E-state index in [1.807, 2.05) is 48.5 Å². The number of methoxy groups -OCH3 is 1. The Morgan fingerprint density at radius 2 is 1.88 bits per heavy atom. The Labute approximate surface area is 254 Å². The first-order valence-electron chi connectivity index (χ1n) is 12.8. The second kappa shape index (κ2) is 12.5. The summed E-state index contributed by atoms with van der Waals surface area (Å²) in [7, 11) is 1.57. The molecule has 0 bridgehead atoms. The van der Waals surface area contributed by atoms with Crippen LogP contribution in [0.15, 0.2) is 92.3 Å². The van der Waals surface area contributed by atoms with E-state index in [-0.39, 0.29) is 17.7 Å². The number of aromatic nitrogens is 1. The van der Waals surface area contributed by atoms with E-state index in [1.165, 1.54) is 15.9 Å². The summed E-state index contributed by atoms with van der Waals surface area (Å²) in [6, 6.07) is 19.7. The average molecular weight is 654 g/mol. The van der Waals surface area contributed by atoms with Crippen LogP contribution in [0.5, 0.6) is 11.5 Å². The molecule has 0 aliphatic carbocycles. The SMILES string of the molecule is CCOC(=O)C1=C(C)N=c2s/c(=C\c3cccc(OC)c3OCc3ccc(Br)cc3)c(=O)n2[C@@H]1c1ccccc1Cl. The van der Waals surface area contributed by atoms with Crippen LogP contribution in [0.2, 0.25) is 5.02 Å². The Bertz CT molecular complexity index is 1830. The molecule has 0 N–H and O–H groups in total. The number of carbonyl (C=O) groups excluding carboxylic acids is 1. The summed E-state index contributed by atoms with van der Waals surface area (Å²) in [5.74, 6) is 0.511. The summed E-state index contributed by atoms with van der Waals surface area (Å²) in [5, 5.41) is 0.431. The van der Waals surface area contributed by atoms with Gasteiger partial charge in [-0.2, -0.15) is 0 Å². The highest BCUT2D eigenvalue weighted by Crippen LogP contribution is 2.35. The molecule has 1 aliphatic rings. The molecule has 4 aromatic rings. The topological polar surface area (TPSA) is 79.1 Å². The quantitative estimate of drug-likeness (QED) is 0.225.